The third-order valence-corrected chi connectivity index (χ3v) is 6.12. The lowest BCUT2D eigenvalue weighted by atomic mass is 10.1. The van der Waals surface area contributed by atoms with Gasteiger partial charge in [-0.2, -0.15) is 17.6 Å². The Hall–Kier alpha value is -4.76. The summed E-state index contributed by atoms with van der Waals surface area (Å²) in [6.45, 7) is 3.81. The van der Waals surface area contributed by atoms with Crippen LogP contribution in [0.3, 0.4) is 0 Å². The average Bonchev–Trinajstić information content (AvgIpc) is 2.99. The summed E-state index contributed by atoms with van der Waals surface area (Å²) in [5.74, 6) is -1.84. The SMILES string of the molecule is CC(=O)Cc1ccc(COC(=O)Nc2nc(=O)n([C@H](CS)O[C@H](C)COC(=O)OCc3ccc(OC(C)=O)cc3)cc2F)cc1. The number of anilines is 1. The van der Waals surface area contributed by atoms with E-state index in [9.17, 15) is 28.4 Å². The fourth-order valence-electron chi connectivity index (χ4n) is 3.75. The van der Waals surface area contributed by atoms with E-state index in [2.05, 4.69) is 22.9 Å². The van der Waals surface area contributed by atoms with Crippen molar-refractivity contribution in [2.24, 2.45) is 0 Å². The van der Waals surface area contributed by atoms with Gasteiger partial charge in [-0.05, 0) is 42.7 Å². The molecule has 0 unspecified atom stereocenters. The average molecular weight is 646 g/mol. The number of halogens is 1. The number of aromatic nitrogens is 2. The molecule has 45 heavy (non-hydrogen) atoms. The Bertz CT molecular complexity index is 1550. The van der Waals surface area contributed by atoms with Crippen molar-refractivity contribution in [1.29, 1.82) is 0 Å². The zero-order chi connectivity index (χ0) is 32.9. The molecule has 1 heterocycles. The number of hydrogen-bond donors (Lipinski definition) is 2. The number of rotatable bonds is 14. The number of nitrogens with zero attached hydrogens (tertiary/aromatic N) is 2. The predicted octanol–water partition coefficient (Wildman–Crippen LogP) is 4.37. The highest BCUT2D eigenvalue weighted by Gasteiger charge is 2.21. The second-order valence-corrected chi connectivity index (χ2v) is 10.1. The maximum atomic E-state index is 14.8. The lowest BCUT2D eigenvalue weighted by Gasteiger charge is -2.22. The summed E-state index contributed by atoms with van der Waals surface area (Å²) < 4.78 is 41.4. The Balaban J connectivity index is 1.47. The topological polar surface area (TPSA) is 161 Å². The van der Waals surface area contributed by atoms with E-state index < -0.39 is 47.9 Å². The summed E-state index contributed by atoms with van der Waals surface area (Å²) in [6.07, 6.45) is -2.79. The van der Waals surface area contributed by atoms with Crippen LogP contribution in [-0.2, 0) is 48.2 Å². The van der Waals surface area contributed by atoms with Gasteiger partial charge in [0.15, 0.2) is 11.6 Å². The summed E-state index contributed by atoms with van der Waals surface area (Å²) in [7, 11) is 0. The quantitative estimate of drug-likeness (QED) is 0.145. The maximum absolute atomic E-state index is 14.8. The van der Waals surface area contributed by atoms with E-state index >= 15 is 0 Å². The number of amides is 1. The number of nitrogens with one attached hydrogen (secondary N) is 1. The van der Waals surface area contributed by atoms with Crippen LogP contribution in [0.25, 0.3) is 0 Å². The van der Waals surface area contributed by atoms with Crippen molar-refractivity contribution in [3.05, 3.63) is 87.7 Å². The van der Waals surface area contributed by atoms with Crippen LogP contribution >= 0.6 is 12.6 Å². The maximum Gasteiger partial charge on any atom is 0.508 e. The number of benzene rings is 2. The summed E-state index contributed by atoms with van der Waals surface area (Å²) in [4.78, 5) is 62.6. The highest BCUT2D eigenvalue weighted by atomic mass is 32.1. The molecule has 0 aliphatic heterocycles. The summed E-state index contributed by atoms with van der Waals surface area (Å²) in [5.41, 5.74) is 1.13. The van der Waals surface area contributed by atoms with Crippen LogP contribution in [0.2, 0.25) is 0 Å². The van der Waals surface area contributed by atoms with Crippen LogP contribution in [0, 0.1) is 5.82 Å². The summed E-state index contributed by atoms with van der Waals surface area (Å²) in [5, 5.41) is 2.09. The van der Waals surface area contributed by atoms with E-state index in [0.29, 0.717) is 16.9 Å². The predicted molar refractivity (Wildman–Crippen MR) is 160 cm³/mol. The fourth-order valence-corrected chi connectivity index (χ4v) is 4.02. The number of ketones is 1. The minimum Gasteiger partial charge on any atom is -0.444 e. The van der Waals surface area contributed by atoms with E-state index in [4.69, 9.17) is 23.7 Å². The molecule has 0 fully saturated rings. The van der Waals surface area contributed by atoms with Crippen molar-refractivity contribution in [1.82, 2.24) is 9.55 Å². The molecule has 240 valence electrons. The molecule has 0 saturated carbocycles. The largest absolute Gasteiger partial charge is 0.508 e. The van der Waals surface area contributed by atoms with Crippen molar-refractivity contribution in [2.75, 3.05) is 17.7 Å². The van der Waals surface area contributed by atoms with Gasteiger partial charge in [0.25, 0.3) is 0 Å². The molecule has 13 nitrogen and oxygen atoms in total. The first-order valence-electron chi connectivity index (χ1n) is 13.6. The number of esters is 1. The highest BCUT2D eigenvalue weighted by Crippen LogP contribution is 2.17. The molecule has 1 N–H and O–H groups in total. The van der Waals surface area contributed by atoms with Gasteiger partial charge in [-0.1, -0.05) is 36.4 Å². The second-order valence-electron chi connectivity index (χ2n) is 9.69. The Labute approximate surface area is 263 Å². The van der Waals surface area contributed by atoms with Crippen LogP contribution in [-0.4, -0.2) is 52.0 Å². The van der Waals surface area contributed by atoms with E-state index in [1.165, 1.54) is 13.8 Å². The number of ether oxygens (including phenoxy) is 5. The molecule has 1 amide bonds. The van der Waals surface area contributed by atoms with Gasteiger partial charge in [0.1, 0.15) is 37.6 Å². The minimum atomic E-state index is -1.10. The molecular weight excluding hydrogens is 613 g/mol. The number of carbonyl (C=O) groups is 4. The Morgan fingerprint density at radius 2 is 1.53 bits per heavy atom. The van der Waals surface area contributed by atoms with Gasteiger partial charge < -0.3 is 23.7 Å². The van der Waals surface area contributed by atoms with Crippen molar-refractivity contribution >= 4 is 42.4 Å². The molecule has 0 aliphatic carbocycles. The monoisotopic (exact) mass is 645 g/mol. The van der Waals surface area contributed by atoms with Crippen molar-refractivity contribution in [2.45, 2.75) is 52.7 Å². The first kappa shape index (κ1) is 34.7. The van der Waals surface area contributed by atoms with Crippen LogP contribution in [0.15, 0.2) is 59.5 Å². The standard InChI is InChI=1S/C30H32FN3O10S/c1-18(35)12-21-4-6-22(7-5-21)15-40-29(38)33-27-25(31)13-34(28(37)32-27)26(17-45)43-19(2)14-41-30(39)42-16-23-8-10-24(11-9-23)44-20(3)36/h4-11,13,19,26,45H,12,14-17H2,1-3H3,(H,32,33,37,38)/t19-,26+/m1/s1. The molecule has 0 saturated heterocycles. The molecule has 1 aromatic heterocycles. The molecule has 15 heteroatoms. The molecule has 2 aromatic carbocycles. The normalized spacial score (nSPS) is 12.0. The molecule has 0 bridgehead atoms. The van der Waals surface area contributed by atoms with Crippen LogP contribution < -0.4 is 15.7 Å². The third kappa shape index (κ3) is 11.7. The number of Topliss-reactive ketones (excluding diaryl/α,β-unsaturated/α-hetero) is 1. The Kier molecular flexibility index (Phi) is 13.1. The molecule has 0 aliphatic rings. The van der Waals surface area contributed by atoms with E-state index in [0.717, 1.165) is 16.3 Å². The molecule has 3 aromatic rings. The van der Waals surface area contributed by atoms with Crippen LogP contribution in [0.5, 0.6) is 5.75 Å². The third-order valence-electron chi connectivity index (χ3n) is 5.81. The number of carbonyl (C=O) groups excluding carboxylic acids is 4. The van der Waals surface area contributed by atoms with Gasteiger partial charge in [-0.15, -0.1) is 0 Å². The smallest absolute Gasteiger partial charge is 0.444 e. The van der Waals surface area contributed by atoms with Gasteiger partial charge in [0, 0.05) is 19.1 Å². The molecule has 0 spiro atoms. The Morgan fingerprint density at radius 3 is 2.13 bits per heavy atom. The summed E-state index contributed by atoms with van der Waals surface area (Å²) in [6, 6.07) is 13.2. The lowest BCUT2D eigenvalue weighted by molar-refractivity contribution is -0.131. The van der Waals surface area contributed by atoms with E-state index in [1.54, 1.807) is 55.5 Å². The van der Waals surface area contributed by atoms with Gasteiger partial charge in [0.05, 0.1) is 12.3 Å². The van der Waals surface area contributed by atoms with Gasteiger partial charge in [-0.3, -0.25) is 19.5 Å². The van der Waals surface area contributed by atoms with Crippen LogP contribution in [0.4, 0.5) is 19.8 Å². The van der Waals surface area contributed by atoms with Gasteiger partial charge in [0.2, 0.25) is 0 Å². The van der Waals surface area contributed by atoms with Crippen molar-refractivity contribution in [3.63, 3.8) is 0 Å². The van der Waals surface area contributed by atoms with E-state index in [-0.39, 0.29) is 37.8 Å². The van der Waals surface area contributed by atoms with Crippen LogP contribution in [0.1, 0.15) is 43.7 Å². The molecule has 0 radical (unpaired) electrons. The fraction of sp³-hybridized carbons (Fsp3) is 0.333. The van der Waals surface area contributed by atoms with Crippen molar-refractivity contribution < 1.29 is 47.3 Å². The first-order valence-corrected chi connectivity index (χ1v) is 14.2. The Morgan fingerprint density at radius 1 is 0.933 bits per heavy atom. The second kappa shape index (κ2) is 16.9. The highest BCUT2D eigenvalue weighted by molar-refractivity contribution is 7.80. The zero-order valence-electron chi connectivity index (χ0n) is 24.7. The van der Waals surface area contributed by atoms with Gasteiger partial charge >= 0.3 is 23.9 Å². The number of thiol groups is 1. The minimum absolute atomic E-state index is 0.0166. The van der Waals surface area contributed by atoms with E-state index in [1.807, 2.05) is 0 Å². The first-order chi connectivity index (χ1) is 21.4. The summed E-state index contributed by atoms with van der Waals surface area (Å²) >= 11 is 4.16. The molecule has 2 atom stereocenters. The number of hydrogen-bond acceptors (Lipinski definition) is 12. The van der Waals surface area contributed by atoms with Crippen molar-refractivity contribution in [3.8, 4) is 5.75 Å². The van der Waals surface area contributed by atoms with Gasteiger partial charge in [-0.25, -0.2) is 18.8 Å². The zero-order valence-corrected chi connectivity index (χ0v) is 25.6. The molecule has 3 rings (SSSR count). The lowest BCUT2D eigenvalue weighted by Crippen LogP contribution is -2.34. The molecular formula is C30H32FN3O10S.